The Kier molecular flexibility index (Phi) is 125. The van der Waals surface area contributed by atoms with E-state index in [1.54, 1.807) is 0 Å². The van der Waals surface area contributed by atoms with Crippen molar-refractivity contribution in [2.24, 2.45) is 0 Å². The van der Waals surface area contributed by atoms with Crippen molar-refractivity contribution in [3.05, 3.63) is 0 Å². The molecule has 0 bridgehead atoms. The molecule has 0 nitrogen and oxygen atoms in total. The zero-order valence-corrected chi connectivity index (χ0v) is 11.6. The van der Waals surface area contributed by atoms with Gasteiger partial charge in [-0.25, -0.2) is 0 Å². The van der Waals surface area contributed by atoms with Gasteiger partial charge in [0, 0.05) is 61.3 Å². The fourth-order valence-corrected chi connectivity index (χ4v) is 0. The molecule has 3 radical (unpaired) electrons. The Labute approximate surface area is 83.8 Å². The summed E-state index contributed by atoms with van der Waals surface area (Å²) in [6.45, 7) is 0. The minimum Gasteiger partial charge on any atom is 0 e. The van der Waals surface area contributed by atoms with Crippen molar-refractivity contribution in [1.29, 1.82) is 0 Å². The molecule has 0 aliphatic heterocycles. The Balaban J connectivity index is 0. The van der Waals surface area contributed by atoms with Crippen LogP contribution in [0.4, 0.5) is 0 Å². The van der Waals surface area contributed by atoms with Crippen LogP contribution in [0.15, 0.2) is 0 Å². The van der Waals surface area contributed by atoms with Gasteiger partial charge in [-0.05, 0) is 0 Å². The fraction of sp³-hybridized carbons (Fsp3) is 0. The first-order valence-corrected chi connectivity index (χ1v) is 0. The minimum atomic E-state index is 0. The summed E-state index contributed by atoms with van der Waals surface area (Å²) in [6, 6.07) is 0. The molecule has 0 amide bonds. The molecule has 4 heavy (non-hydrogen) atoms. The van der Waals surface area contributed by atoms with Crippen molar-refractivity contribution >= 4 is 23.9 Å². The van der Waals surface area contributed by atoms with Crippen LogP contribution in [0.2, 0.25) is 0 Å². The molecular formula is H2IrRuSnTi. The summed E-state index contributed by atoms with van der Waals surface area (Å²) in [4.78, 5) is 0. The van der Waals surface area contributed by atoms with E-state index >= 15 is 0 Å². The second-order valence-corrected chi connectivity index (χ2v) is 0. The first-order valence-electron chi connectivity index (χ1n) is 0. The Morgan fingerprint density at radius 3 is 1.00 bits per heavy atom. The quantitative estimate of drug-likeness (QED) is 0.409. The van der Waals surface area contributed by atoms with Gasteiger partial charge in [-0.1, -0.05) is 0 Å². The Bertz CT molecular complexity index is 8.00. The third kappa shape index (κ3) is 8.84. The summed E-state index contributed by atoms with van der Waals surface area (Å²) < 4.78 is 0. The Morgan fingerprint density at radius 2 is 1.00 bits per heavy atom. The van der Waals surface area contributed by atoms with E-state index in [2.05, 4.69) is 0 Å². The SMILES string of the molecule is [Ir].[Ru].[SnH2].[Ti]. The molecule has 0 fully saturated rings. The monoisotopic (exact) mass is 465 g/mol. The predicted molar refractivity (Wildman–Crippen MR) is 8.54 cm³/mol. The van der Waals surface area contributed by atoms with E-state index in [0.29, 0.717) is 0 Å². The van der Waals surface area contributed by atoms with E-state index in [0.717, 1.165) is 0 Å². The summed E-state index contributed by atoms with van der Waals surface area (Å²) in [5.41, 5.74) is 0. The summed E-state index contributed by atoms with van der Waals surface area (Å²) in [6.07, 6.45) is 0. The second kappa shape index (κ2) is 17.1. The van der Waals surface area contributed by atoms with Crippen molar-refractivity contribution in [3.63, 3.8) is 0 Å². The van der Waals surface area contributed by atoms with Gasteiger partial charge >= 0.3 is 23.9 Å². The van der Waals surface area contributed by atoms with E-state index in [1.165, 1.54) is 0 Å². The molecule has 0 saturated carbocycles. The maximum atomic E-state index is 0. The zero-order chi connectivity index (χ0) is 0. The van der Waals surface area contributed by atoms with Crippen LogP contribution in [0.3, 0.4) is 0 Å². The van der Waals surface area contributed by atoms with Crippen LogP contribution in [0, 0.1) is 0 Å². The summed E-state index contributed by atoms with van der Waals surface area (Å²) in [7, 11) is 0. The molecule has 27 valence electrons. The number of hydrogen-bond donors (Lipinski definition) is 0. The van der Waals surface area contributed by atoms with Crippen LogP contribution in [-0.2, 0) is 61.3 Å². The maximum Gasteiger partial charge on any atom is 0 e. The molecule has 0 aromatic carbocycles. The van der Waals surface area contributed by atoms with Crippen molar-refractivity contribution < 1.29 is 61.3 Å². The van der Waals surface area contributed by atoms with E-state index < -0.39 is 0 Å². The Hall–Kier alpha value is 2.79. The van der Waals surface area contributed by atoms with Crippen LogP contribution in [0.25, 0.3) is 0 Å². The van der Waals surface area contributed by atoms with Crippen LogP contribution < -0.4 is 0 Å². The van der Waals surface area contributed by atoms with Crippen molar-refractivity contribution in [2.75, 3.05) is 0 Å². The molecule has 0 aliphatic rings. The molecule has 0 N–H and O–H groups in total. The molecule has 0 saturated heterocycles. The summed E-state index contributed by atoms with van der Waals surface area (Å²) in [5, 5.41) is 0. The first-order chi connectivity index (χ1) is 0. The van der Waals surface area contributed by atoms with Gasteiger partial charge < -0.3 is 0 Å². The molecule has 0 aromatic heterocycles. The molecule has 0 aliphatic carbocycles. The van der Waals surface area contributed by atoms with Crippen LogP contribution in [0.1, 0.15) is 0 Å². The van der Waals surface area contributed by atoms with E-state index in [-0.39, 0.29) is 85.2 Å². The van der Waals surface area contributed by atoms with E-state index in [9.17, 15) is 0 Å². The normalized spacial score (nSPS) is 0. The van der Waals surface area contributed by atoms with Crippen molar-refractivity contribution in [1.82, 2.24) is 0 Å². The van der Waals surface area contributed by atoms with Gasteiger partial charge in [0.05, 0.1) is 0 Å². The smallest absolute Gasteiger partial charge is 0 e. The van der Waals surface area contributed by atoms with Crippen molar-refractivity contribution in [3.8, 4) is 0 Å². The topological polar surface area (TPSA) is 0 Å². The standard InChI is InChI=1S/Ir.Ru.Sn.Ti.2H. The number of rotatable bonds is 0. The van der Waals surface area contributed by atoms with Gasteiger partial charge in [0.15, 0.2) is 0 Å². The third-order valence-corrected chi connectivity index (χ3v) is 0. The molecule has 0 spiro atoms. The van der Waals surface area contributed by atoms with E-state index in [4.69, 9.17) is 0 Å². The molecule has 0 heterocycles. The minimum absolute atomic E-state index is 0. The number of hydrogen-bond acceptors (Lipinski definition) is 0. The molecular weight excluding hydrogens is 460 g/mol. The maximum absolute atomic E-state index is 0. The Morgan fingerprint density at radius 1 is 1.00 bits per heavy atom. The van der Waals surface area contributed by atoms with Gasteiger partial charge in [-0.15, -0.1) is 0 Å². The van der Waals surface area contributed by atoms with Gasteiger partial charge in [0.25, 0.3) is 0 Å². The largest absolute Gasteiger partial charge is 0 e. The van der Waals surface area contributed by atoms with Gasteiger partial charge in [0.1, 0.15) is 0 Å². The van der Waals surface area contributed by atoms with Gasteiger partial charge in [-0.3, -0.25) is 0 Å². The average molecular weight is 462 g/mol. The summed E-state index contributed by atoms with van der Waals surface area (Å²) >= 11 is 0. The van der Waals surface area contributed by atoms with Gasteiger partial charge in [-0.2, -0.15) is 0 Å². The van der Waals surface area contributed by atoms with Crippen LogP contribution >= 0.6 is 0 Å². The average Bonchev–Trinajstić information content (AvgIpc) is 0. The predicted octanol–water partition coefficient (Wildman–Crippen LogP) is -0.924. The van der Waals surface area contributed by atoms with Crippen LogP contribution in [0.5, 0.6) is 0 Å². The van der Waals surface area contributed by atoms with Gasteiger partial charge in [0.2, 0.25) is 0 Å². The molecule has 0 rings (SSSR count). The molecule has 0 atom stereocenters. The molecule has 4 heteroatoms. The van der Waals surface area contributed by atoms with E-state index in [1.807, 2.05) is 0 Å². The van der Waals surface area contributed by atoms with Crippen molar-refractivity contribution in [2.45, 2.75) is 0 Å². The third-order valence-electron chi connectivity index (χ3n) is 0. The van der Waals surface area contributed by atoms with Crippen LogP contribution in [-0.4, -0.2) is 23.9 Å². The fourth-order valence-electron chi connectivity index (χ4n) is 0. The molecule has 0 unspecified atom stereocenters. The second-order valence-electron chi connectivity index (χ2n) is 0. The molecule has 0 aromatic rings. The summed E-state index contributed by atoms with van der Waals surface area (Å²) in [5.74, 6) is 0. The first kappa shape index (κ1) is 29.3. The zero-order valence-electron chi connectivity index (χ0n) is 1.89.